The van der Waals surface area contributed by atoms with Crippen LogP contribution in [0.2, 0.25) is 0 Å². The van der Waals surface area contributed by atoms with Crippen molar-refractivity contribution in [3.8, 4) is 0 Å². The Morgan fingerprint density at radius 3 is 2.88 bits per heavy atom. The first-order chi connectivity index (χ1) is 7.93. The van der Waals surface area contributed by atoms with Crippen LogP contribution in [0.4, 0.5) is 14.5 Å². The number of ether oxygens (including phenoxy) is 1. The van der Waals surface area contributed by atoms with E-state index in [9.17, 15) is 8.78 Å². The Balaban J connectivity index is 2.56. The molecule has 0 aliphatic carbocycles. The second kappa shape index (κ2) is 3.87. The number of halogens is 2. The highest BCUT2D eigenvalue weighted by atomic mass is 19.1. The molecule has 0 saturated carbocycles. The van der Waals surface area contributed by atoms with Gasteiger partial charge in [-0.05, 0) is 25.1 Å². The topological polar surface area (TPSA) is 73.6 Å². The normalized spacial score (nSPS) is 28.4. The minimum Gasteiger partial charge on any atom is -0.462 e. The molecule has 1 heterocycles. The first-order valence-corrected chi connectivity index (χ1v) is 5.11. The maximum absolute atomic E-state index is 13.9. The molecule has 92 valence electrons. The summed E-state index contributed by atoms with van der Waals surface area (Å²) in [7, 11) is 0. The Labute approximate surface area is 97.3 Å². The lowest BCUT2D eigenvalue weighted by molar-refractivity contribution is 0.0923. The van der Waals surface area contributed by atoms with E-state index in [0.717, 1.165) is 0 Å². The van der Waals surface area contributed by atoms with Crippen molar-refractivity contribution >= 4 is 11.7 Å². The van der Waals surface area contributed by atoms with Crippen LogP contribution in [0.1, 0.15) is 12.5 Å². The molecule has 6 heteroatoms. The van der Waals surface area contributed by atoms with Crippen LogP contribution in [0.5, 0.6) is 0 Å². The van der Waals surface area contributed by atoms with Gasteiger partial charge in [-0.15, -0.1) is 0 Å². The zero-order chi connectivity index (χ0) is 12.6. The number of nitrogens with zero attached hydrogens (tertiary/aromatic N) is 1. The Morgan fingerprint density at radius 1 is 1.47 bits per heavy atom. The lowest BCUT2D eigenvalue weighted by Gasteiger charge is -2.33. The molecular formula is C11H13F2N3O. The highest BCUT2D eigenvalue weighted by Gasteiger charge is 2.42. The van der Waals surface area contributed by atoms with Crippen molar-refractivity contribution in [3.63, 3.8) is 0 Å². The second-order valence-corrected chi connectivity index (χ2v) is 4.12. The summed E-state index contributed by atoms with van der Waals surface area (Å²) in [6, 6.07) is 3.80. The second-order valence-electron chi connectivity index (χ2n) is 4.12. The van der Waals surface area contributed by atoms with E-state index < -0.39 is 17.5 Å². The third-order valence-electron chi connectivity index (χ3n) is 2.87. The van der Waals surface area contributed by atoms with Gasteiger partial charge in [0, 0.05) is 11.3 Å². The summed E-state index contributed by atoms with van der Waals surface area (Å²) in [6.07, 6.45) is -1.48. The van der Waals surface area contributed by atoms with Gasteiger partial charge in [-0.25, -0.2) is 13.8 Å². The highest BCUT2D eigenvalue weighted by molar-refractivity contribution is 5.73. The van der Waals surface area contributed by atoms with Gasteiger partial charge in [-0.3, -0.25) is 0 Å². The number of alkyl halides is 1. The van der Waals surface area contributed by atoms with Crippen LogP contribution in [0.25, 0.3) is 0 Å². The Morgan fingerprint density at radius 2 is 2.18 bits per heavy atom. The van der Waals surface area contributed by atoms with Crippen LogP contribution in [0.15, 0.2) is 23.2 Å². The van der Waals surface area contributed by atoms with Gasteiger partial charge in [-0.1, -0.05) is 0 Å². The third kappa shape index (κ3) is 1.90. The van der Waals surface area contributed by atoms with Crippen molar-refractivity contribution in [2.45, 2.75) is 18.6 Å². The summed E-state index contributed by atoms with van der Waals surface area (Å²) in [5.41, 5.74) is 10.0. The van der Waals surface area contributed by atoms with E-state index in [1.807, 2.05) is 0 Å². The predicted molar refractivity (Wildman–Crippen MR) is 60.6 cm³/mol. The molecule has 4 nitrogen and oxygen atoms in total. The lowest BCUT2D eigenvalue weighted by Crippen LogP contribution is -2.43. The summed E-state index contributed by atoms with van der Waals surface area (Å²) in [5, 5.41) is 0. The van der Waals surface area contributed by atoms with E-state index in [-0.39, 0.29) is 18.2 Å². The number of nitrogens with two attached hydrogens (primary N) is 2. The Kier molecular flexibility index (Phi) is 2.65. The molecule has 2 rings (SSSR count). The van der Waals surface area contributed by atoms with Crippen molar-refractivity contribution in [2.24, 2.45) is 10.7 Å². The number of amidine groups is 1. The van der Waals surface area contributed by atoms with E-state index in [0.29, 0.717) is 5.69 Å². The van der Waals surface area contributed by atoms with Crippen LogP contribution in [0, 0.1) is 5.82 Å². The average molecular weight is 241 g/mol. The molecule has 0 aromatic heterocycles. The summed E-state index contributed by atoms with van der Waals surface area (Å²) >= 11 is 0. The van der Waals surface area contributed by atoms with E-state index in [1.54, 1.807) is 0 Å². The van der Waals surface area contributed by atoms with Gasteiger partial charge in [0.05, 0.1) is 0 Å². The first-order valence-electron chi connectivity index (χ1n) is 5.11. The van der Waals surface area contributed by atoms with Gasteiger partial charge in [0.25, 0.3) is 6.02 Å². The van der Waals surface area contributed by atoms with Crippen molar-refractivity contribution in [3.05, 3.63) is 29.6 Å². The molecule has 1 aromatic rings. The summed E-state index contributed by atoms with van der Waals surface area (Å²) in [6.45, 7) is 1.21. The maximum Gasteiger partial charge on any atom is 0.283 e. The molecule has 0 unspecified atom stereocenters. The van der Waals surface area contributed by atoms with Crippen molar-refractivity contribution < 1.29 is 13.5 Å². The smallest absolute Gasteiger partial charge is 0.283 e. The molecule has 17 heavy (non-hydrogen) atoms. The number of nitrogen functional groups attached to an aromatic ring is 1. The van der Waals surface area contributed by atoms with E-state index >= 15 is 0 Å². The molecule has 4 N–H and O–H groups in total. The fourth-order valence-electron chi connectivity index (χ4n) is 1.81. The van der Waals surface area contributed by atoms with Gasteiger partial charge in [0.2, 0.25) is 0 Å². The fraction of sp³-hybridized carbons (Fsp3) is 0.364. The molecule has 0 spiro atoms. The summed E-state index contributed by atoms with van der Waals surface area (Å²) in [5.74, 6) is -0.567. The van der Waals surface area contributed by atoms with Crippen LogP contribution < -0.4 is 11.5 Å². The molecule has 1 aromatic carbocycles. The maximum atomic E-state index is 13.9. The van der Waals surface area contributed by atoms with Gasteiger partial charge < -0.3 is 16.2 Å². The number of hydrogen-bond acceptors (Lipinski definition) is 4. The molecule has 0 fully saturated rings. The molecule has 0 amide bonds. The molecule has 0 radical (unpaired) electrons. The van der Waals surface area contributed by atoms with Crippen molar-refractivity contribution in [1.29, 1.82) is 0 Å². The Bertz CT molecular complexity index is 478. The molecule has 2 atom stereocenters. The third-order valence-corrected chi connectivity index (χ3v) is 2.87. The number of anilines is 1. The van der Waals surface area contributed by atoms with Crippen LogP contribution >= 0.6 is 0 Å². The summed E-state index contributed by atoms with van der Waals surface area (Å²) < 4.78 is 32.4. The first kappa shape index (κ1) is 11.6. The van der Waals surface area contributed by atoms with E-state index in [2.05, 4.69) is 4.99 Å². The van der Waals surface area contributed by atoms with E-state index in [1.165, 1.54) is 25.1 Å². The van der Waals surface area contributed by atoms with Gasteiger partial charge >= 0.3 is 0 Å². The number of aliphatic imine (C=N–C) groups is 1. The molecule has 0 saturated heterocycles. The van der Waals surface area contributed by atoms with Crippen molar-refractivity contribution in [1.82, 2.24) is 0 Å². The SMILES string of the molecule is C[C@]1(c2cc(N)ccc2F)N=C(N)OC[C@H]1F. The monoisotopic (exact) mass is 241 g/mol. The molecular weight excluding hydrogens is 228 g/mol. The van der Waals surface area contributed by atoms with Gasteiger partial charge in [0.15, 0.2) is 6.17 Å². The van der Waals surface area contributed by atoms with Gasteiger partial charge in [0.1, 0.15) is 18.0 Å². The highest BCUT2D eigenvalue weighted by Crippen LogP contribution is 2.36. The molecule has 1 aliphatic heterocycles. The van der Waals surface area contributed by atoms with Crippen molar-refractivity contribution in [2.75, 3.05) is 12.3 Å². The number of benzene rings is 1. The van der Waals surface area contributed by atoms with E-state index in [4.69, 9.17) is 16.2 Å². The predicted octanol–water partition coefficient (Wildman–Crippen LogP) is 1.31. The minimum absolute atomic E-state index is 0.0799. The van der Waals surface area contributed by atoms with Crippen LogP contribution in [-0.2, 0) is 10.3 Å². The summed E-state index contributed by atoms with van der Waals surface area (Å²) in [4.78, 5) is 3.87. The zero-order valence-electron chi connectivity index (χ0n) is 9.28. The molecule has 1 aliphatic rings. The standard InChI is InChI=1S/C11H13F2N3O/c1-11(9(13)5-17-10(15)16-11)7-4-6(14)2-3-8(7)12/h2-4,9H,5,14H2,1H3,(H2,15,16)/t9-,11-/m1/s1. The molecule has 0 bridgehead atoms. The average Bonchev–Trinajstić information content (AvgIpc) is 2.27. The zero-order valence-corrected chi connectivity index (χ0v) is 9.28. The number of hydrogen-bond donors (Lipinski definition) is 2. The Hall–Kier alpha value is -1.85. The minimum atomic E-state index is -1.48. The largest absolute Gasteiger partial charge is 0.462 e. The lowest BCUT2D eigenvalue weighted by atomic mass is 9.87. The fourth-order valence-corrected chi connectivity index (χ4v) is 1.81. The van der Waals surface area contributed by atoms with Gasteiger partial charge in [-0.2, -0.15) is 0 Å². The van der Waals surface area contributed by atoms with Crippen LogP contribution in [-0.4, -0.2) is 18.8 Å². The quantitative estimate of drug-likeness (QED) is 0.728. The van der Waals surface area contributed by atoms with Crippen LogP contribution in [0.3, 0.4) is 0 Å². The number of rotatable bonds is 1.